The van der Waals surface area contributed by atoms with Gasteiger partial charge < -0.3 is 0 Å². The first-order valence-electron chi connectivity index (χ1n) is 8.52. The number of thioether (sulfide) groups is 1. The van der Waals surface area contributed by atoms with Crippen LogP contribution in [0.1, 0.15) is 30.4 Å². The van der Waals surface area contributed by atoms with Gasteiger partial charge in [-0.25, -0.2) is 13.4 Å². The molecule has 4 nitrogen and oxygen atoms in total. The molecule has 0 radical (unpaired) electrons. The molecule has 0 spiro atoms. The molecule has 1 aromatic heterocycles. The minimum atomic E-state index is -4.34. The van der Waals surface area contributed by atoms with Gasteiger partial charge in [0, 0.05) is 25.0 Å². The number of sulfonamides is 1. The van der Waals surface area contributed by atoms with Gasteiger partial charge in [0.15, 0.2) is 0 Å². The van der Waals surface area contributed by atoms with E-state index in [1.165, 1.54) is 40.5 Å². The van der Waals surface area contributed by atoms with E-state index in [2.05, 4.69) is 4.98 Å². The molecular formula is C18H19F3N2O2S2. The van der Waals surface area contributed by atoms with Crippen molar-refractivity contribution < 1.29 is 21.6 Å². The van der Waals surface area contributed by atoms with E-state index in [1.807, 2.05) is 0 Å². The van der Waals surface area contributed by atoms with Gasteiger partial charge in [-0.3, -0.25) is 0 Å². The highest BCUT2D eigenvalue weighted by molar-refractivity contribution is 7.98. The van der Waals surface area contributed by atoms with E-state index in [9.17, 15) is 21.6 Å². The lowest BCUT2D eigenvalue weighted by molar-refractivity contribution is -0.137. The normalized spacial score (nSPS) is 16.4. The number of aromatic nitrogens is 1. The van der Waals surface area contributed by atoms with Crippen LogP contribution in [0.5, 0.6) is 0 Å². The number of halogens is 3. The molecule has 1 aliphatic heterocycles. The van der Waals surface area contributed by atoms with E-state index in [0.717, 1.165) is 37.0 Å². The zero-order chi connectivity index (χ0) is 19.5. The Hall–Kier alpha value is -1.58. The lowest BCUT2D eigenvalue weighted by Crippen LogP contribution is -2.35. The summed E-state index contributed by atoms with van der Waals surface area (Å²) in [5.41, 5.74) is 0.0569. The average Bonchev–Trinajstić information content (AvgIpc) is 2.67. The van der Waals surface area contributed by atoms with Gasteiger partial charge in [-0.2, -0.15) is 17.5 Å². The molecule has 2 aromatic rings. The number of nitrogens with zero attached hydrogens (tertiary/aromatic N) is 2. The van der Waals surface area contributed by atoms with E-state index >= 15 is 0 Å². The minimum Gasteiger partial charge on any atom is -0.249 e. The second-order valence-corrected chi connectivity index (χ2v) is 9.21. The highest BCUT2D eigenvalue weighted by Gasteiger charge is 2.30. The summed E-state index contributed by atoms with van der Waals surface area (Å²) in [5, 5.41) is 0.618. The van der Waals surface area contributed by atoms with Crippen LogP contribution < -0.4 is 0 Å². The number of pyridine rings is 1. The number of alkyl halides is 3. The molecule has 0 N–H and O–H groups in total. The van der Waals surface area contributed by atoms with Crippen molar-refractivity contribution in [3.63, 3.8) is 0 Å². The highest BCUT2D eigenvalue weighted by atomic mass is 32.2. The number of hydrogen-bond acceptors (Lipinski definition) is 4. The van der Waals surface area contributed by atoms with Crippen LogP contribution in [0.25, 0.3) is 0 Å². The van der Waals surface area contributed by atoms with E-state index in [-0.39, 0.29) is 4.90 Å². The van der Waals surface area contributed by atoms with Gasteiger partial charge in [0.1, 0.15) is 4.90 Å². The molecule has 0 atom stereocenters. The minimum absolute atomic E-state index is 0.170. The van der Waals surface area contributed by atoms with Crippen molar-refractivity contribution in [2.45, 2.75) is 41.1 Å². The summed E-state index contributed by atoms with van der Waals surface area (Å²) in [6.07, 6.45) is -0.215. The molecule has 1 aromatic carbocycles. The first kappa shape index (κ1) is 20.2. The monoisotopic (exact) mass is 416 g/mol. The Labute approximate surface area is 160 Å². The first-order chi connectivity index (χ1) is 12.8. The van der Waals surface area contributed by atoms with Crippen molar-refractivity contribution in [2.24, 2.45) is 0 Å². The Bertz CT molecular complexity index is 861. The van der Waals surface area contributed by atoms with Crippen molar-refractivity contribution >= 4 is 21.8 Å². The molecule has 0 aliphatic carbocycles. The maximum Gasteiger partial charge on any atom is 0.416 e. The van der Waals surface area contributed by atoms with Gasteiger partial charge in [-0.15, -0.1) is 11.8 Å². The van der Waals surface area contributed by atoms with Crippen LogP contribution in [0, 0.1) is 0 Å². The van der Waals surface area contributed by atoms with Crippen molar-refractivity contribution in [3.8, 4) is 0 Å². The molecule has 1 fully saturated rings. The van der Waals surface area contributed by atoms with Crippen molar-refractivity contribution in [3.05, 3.63) is 53.7 Å². The second-order valence-electron chi connectivity index (χ2n) is 6.28. The molecule has 0 saturated carbocycles. The molecule has 146 valence electrons. The summed E-state index contributed by atoms with van der Waals surface area (Å²) in [5.74, 6) is 0.448. The van der Waals surface area contributed by atoms with Crippen LogP contribution in [0.2, 0.25) is 0 Å². The largest absolute Gasteiger partial charge is 0.416 e. The Kier molecular flexibility index (Phi) is 6.12. The zero-order valence-corrected chi connectivity index (χ0v) is 16.1. The summed E-state index contributed by atoms with van der Waals surface area (Å²) >= 11 is 1.34. The quantitative estimate of drug-likeness (QED) is 0.670. The Morgan fingerprint density at radius 2 is 1.67 bits per heavy atom. The van der Waals surface area contributed by atoms with Crippen molar-refractivity contribution in [1.29, 1.82) is 0 Å². The van der Waals surface area contributed by atoms with Crippen LogP contribution in [-0.2, 0) is 22.0 Å². The third-order valence-corrected chi connectivity index (χ3v) is 7.23. The molecule has 0 unspecified atom stereocenters. The smallest absolute Gasteiger partial charge is 0.249 e. The first-order valence-corrected chi connectivity index (χ1v) is 10.9. The zero-order valence-electron chi connectivity index (χ0n) is 14.4. The molecule has 1 aliphatic rings. The SMILES string of the molecule is O=S(=O)(c1ccc(SCc2ccc(C(F)(F)F)cc2)nc1)N1CCCCC1. The molecule has 0 bridgehead atoms. The molecular weight excluding hydrogens is 397 g/mol. The highest BCUT2D eigenvalue weighted by Crippen LogP contribution is 2.30. The van der Waals surface area contributed by atoms with Gasteiger partial charge in [0.05, 0.1) is 10.6 Å². The fraction of sp³-hybridized carbons (Fsp3) is 0.389. The Morgan fingerprint density at radius 1 is 1.00 bits per heavy atom. The Balaban J connectivity index is 1.62. The summed E-state index contributed by atoms with van der Waals surface area (Å²) in [7, 11) is -3.51. The van der Waals surface area contributed by atoms with E-state index < -0.39 is 21.8 Å². The molecule has 9 heteroatoms. The summed E-state index contributed by atoms with van der Waals surface area (Å²) in [6.45, 7) is 1.07. The lowest BCUT2D eigenvalue weighted by Gasteiger charge is -2.25. The van der Waals surface area contributed by atoms with Crippen LogP contribution >= 0.6 is 11.8 Å². The number of piperidine rings is 1. The van der Waals surface area contributed by atoms with Crippen LogP contribution in [0.15, 0.2) is 52.5 Å². The maximum absolute atomic E-state index is 12.6. The summed E-state index contributed by atoms with van der Waals surface area (Å²) in [4.78, 5) is 4.36. The molecule has 27 heavy (non-hydrogen) atoms. The molecule has 0 amide bonds. The van der Waals surface area contributed by atoms with Gasteiger partial charge in [-0.05, 0) is 42.7 Å². The third kappa shape index (κ3) is 5.03. The summed E-state index contributed by atoms with van der Waals surface area (Å²) in [6, 6.07) is 8.14. The predicted molar refractivity (Wildman–Crippen MR) is 97.9 cm³/mol. The number of benzene rings is 1. The van der Waals surface area contributed by atoms with Crippen molar-refractivity contribution in [1.82, 2.24) is 9.29 Å². The fourth-order valence-electron chi connectivity index (χ4n) is 2.81. The molecule has 3 rings (SSSR count). The number of rotatable bonds is 5. The van der Waals surface area contributed by atoms with Crippen LogP contribution in [0.3, 0.4) is 0 Å². The lowest BCUT2D eigenvalue weighted by atomic mass is 10.1. The van der Waals surface area contributed by atoms with Crippen molar-refractivity contribution in [2.75, 3.05) is 13.1 Å². The van der Waals surface area contributed by atoms with Gasteiger partial charge in [-0.1, -0.05) is 18.6 Å². The van der Waals surface area contributed by atoms with E-state index in [1.54, 1.807) is 6.07 Å². The van der Waals surface area contributed by atoms with Crippen LogP contribution in [-0.4, -0.2) is 30.8 Å². The van der Waals surface area contributed by atoms with Gasteiger partial charge in [0.25, 0.3) is 0 Å². The maximum atomic E-state index is 12.6. The fourth-order valence-corrected chi connectivity index (χ4v) is 5.07. The topological polar surface area (TPSA) is 50.3 Å². The Morgan fingerprint density at radius 3 is 2.22 bits per heavy atom. The average molecular weight is 416 g/mol. The van der Waals surface area contributed by atoms with Crippen LogP contribution in [0.4, 0.5) is 13.2 Å². The third-order valence-electron chi connectivity index (χ3n) is 4.33. The van der Waals surface area contributed by atoms with E-state index in [0.29, 0.717) is 23.9 Å². The standard InChI is InChI=1S/C18H19F3N2O2S2/c19-18(20,21)15-6-4-14(5-7-15)13-26-17-9-8-16(12-22-17)27(24,25)23-10-2-1-3-11-23/h4-9,12H,1-3,10-11,13H2. The number of hydrogen-bond donors (Lipinski definition) is 0. The molecule has 2 heterocycles. The van der Waals surface area contributed by atoms with Gasteiger partial charge in [0.2, 0.25) is 10.0 Å². The van der Waals surface area contributed by atoms with E-state index in [4.69, 9.17) is 0 Å². The second kappa shape index (κ2) is 8.20. The van der Waals surface area contributed by atoms with Gasteiger partial charge >= 0.3 is 6.18 Å². The predicted octanol–water partition coefficient (Wildman–Crippen LogP) is 4.57. The molecule has 1 saturated heterocycles. The summed E-state index contributed by atoms with van der Waals surface area (Å²) < 4.78 is 64.4.